The molecule has 0 heterocycles. The maximum Gasteiger partial charge on any atom is 0.193 e. The molecule has 0 aromatic rings. The number of rotatable bonds is 6. The van der Waals surface area contributed by atoms with Crippen LogP contribution in [-0.4, -0.2) is 37.5 Å². The zero-order valence-corrected chi connectivity index (χ0v) is 14.0. The largest absolute Gasteiger partial charge is 0.353 e. The molecule has 0 bridgehead atoms. The van der Waals surface area contributed by atoms with Crippen molar-refractivity contribution in [1.82, 2.24) is 10.2 Å². The second-order valence-electron chi connectivity index (χ2n) is 4.86. The first-order valence-corrected chi connectivity index (χ1v) is 6.67. The minimum Gasteiger partial charge on any atom is -0.353 e. The van der Waals surface area contributed by atoms with Crippen molar-refractivity contribution in [3.05, 3.63) is 0 Å². The van der Waals surface area contributed by atoms with Crippen LogP contribution in [0.25, 0.3) is 0 Å². The summed E-state index contributed by atoms with van der Waals surface area (Å²) in [5, 5.41) is 3.56. The van der Waals surface area contributed by atoms with Crippen LogP contribution in [0.15, 0.2) is 4.99 Å². The molecule has 17 heavy (non-hydrogen) atoms. The predicted molar refractivity (Wildman–Crippen MR) is 86.3 cm³/mol. The lowest BCUT2D eigenvalue weighted by molar-refractivity contribution is 0.461. The number of halogens is 1. The SMILES string of the molecule is CCCCN(C)C(=NC)NC1CC1CCC.I. The summed E-state index contributed by atoms with van der Waals surface area (Å²) >= 11 is 0. The van der Waals surface area contributed by atoms with E-state index in [0.29, 0.717) is 6.04 Å². The van der Waals surface area contributed by atoms with Crippen molar-refractivity contribution in [3.8, 4) is 0 Å². The van der Waals surface area contributed by atoms with Gasteiger partial charge in [0.15, 0.2) is 5.96 Å². The average molecular weight is 353 g/mol. The summed E-state index contributed by atoms with van der Waals surface area (Å²) in [6, 6.07) is 0.683. The van der Waals surface area contributed by atoms with E-state index in [-0.39, 0.29) is 24.0 Å². The molecule has 0 saturated heterocycles. The van der Waals surface area contributed by atoms with Gasteiger partial charge in [-0.2, -0.15) is 0 Å². The Hall–Kier alpha value is 0. The van der Waals surface area contributed by atoms with Crippen LogP contribution in [0.5, 0.6) is 0 Å². The van der Waals surface area contributed by atoms with E-state index in [9.17, 15) is 0 Å². The number of guanidine groups is 1. The Balaban J connectivity index is 0.00000256. The number of nitrogens with one attached hydrogen (secondary N) is 1. The monoisotopic (exact) mass is 353 g/mol. The first-order valence-electron chi connectivity index (χ1n) is 6.67. The van der Waals surface area contributed by atoms with E-state index in [1.165, 1.54) is 32.1 Å². The first kappa shape index (κ1) is 17.0. The molecule has 1 N–H and O–H groups in total. The highest BCUT2D eigenvalue weighted by atomic mass is 127. The second kappa shape index (κ2) is 9.00. The van der Waals surface area contributed by atoms with Gasteiger partial charge in [-0.05, 0) is 25.2 Å². The molecule has 1 aliphatic rings. The summed E-state index contributed by atoms with van der Waals surface area (Å²) in [4.78, 5) is 6.59. The standard InChI is InChI=1S/C13H27N3.HI/c1-5-7-9-16(4)13(14-3)15-12-10-11(12)8-6-2;/h11-12H,5-10H2,1-4H3,(H,14,15);1H. The van der Waals surface area contributed by atoms with Gasteiger partial charge in [-0.1, -0.05) is 26.7 Å². The van der Waals surface area contributed by atoms with Gasteiger partial charge < -0.3 is 10.2 Å². The maximum absolute atomic E-state index is 4.35. The number of hydrogen-bond acceptors (Lipinski definition) is 1. The van der Waals surface area contributed by atoms with Crippen molar-refractivity contribution in [2.45, 2.75) is 52.0 Å². The van der Waals surface area contributed by atoms with Crippen molar-refractivity contribution < 1.29 is 0 Å². The van der Waals surface area contributed by atoms with E-state index < -0.39 is 0 Å². The molecule has 1 fully saturated rings. The molecular formula is C13H28IN3. The van der Waals surface area contributed by atoms with Gasteiger partial charge in [0.25, 0.3) is 0 Å². The van der Waals surface area contributed by atoms with Crippen molar-refractivity contribution in [2.75, 3.05) is 20.6 Å². The van der Waals surface area contributed by atoms with Crippen LogP contribution >= 0.6 is 24.0 Å². The lowest BCUT2D eigenvalue weighted by atomic mass is 10.2. The normalized spacial score (nSPS) is 22.9. The summed E-state index contributed by atoms with van der Waals surface area (Å²) in [7, 11) is 4.00. The van der Waals surface area contributed by atoms with E-state index in [4.69, 9.17) is 0 Å². The quantitative estimate of drug-likeness (QED) is 0.451. The van der Waals surface area contributed by atoms with E-state index in [1.54, 1.807) is 0 Å². The van der Waals surface area contributed by atoms with Gasteiger partial charge in [0.05, 0.1) is 0 Å². The summed E-state index contributed by atoms with van der Waals surface area (Å²) in [6.45, 7) is 5.58. The Kier molecular flexibility index (Phi) is 9.00. The van der Waals surface area contributed by atoms with E-state index in [2.05, 4.69) is 36.1 Å². The van der Waals surface area contributed by atoms with Crippen LogP contribution in [0.1, 0.15) is 46.0 Å². The van der Waals surface area contributed by atoms with Gasteiger partial charge in [-0.15, -0.1) is 24.0 Å². The van der Waals surface area contributed by atoms with E-state index in [0.717, 1.165) is 18.4 Å². The van der Waals surface area contributed by atoms with Gasteiger partial charge in [0, 0.05) is 26.7 Å². The van der Waals surface area contributed by atoms with E-state index in [1.807, 2.05) is 7.05 Å². The van der Waals surface area contributed by atoms with Crippen LogP contribution in [0.3, 0.4) is 0 Å². The lowest BCUT2D eigenvalue weighted by Crippen LogP contribution is -2.41. The molecule has 3 nitrogen and oxygen atoms in total. The Morgan fingerprint density at radius 3 is 2.59 bits per heavy atom. The van der Waals surface area contributed by atoms with Crippen LogP contribution in [0.2, 0.25) is 0 Å². The number of aliphatic imine (C=N–C) groups is 1. The molecule has 0 amide bonds. The van der Waals surface area contributed by atoms with Gasteiger partial charge in [-0.25, -0.2) is 0 Å². The van der Waals surface area contributed by atoms with Gasteiger partial charge in [0.1, 0.15) is 0 Å². The molecule has 102 valence electrons. The highest BCUT2D eigenvalue weighted by Gasteiger charge is 2.36. The summed E-state index contributed by atoms with van der Waals surface area (Å²) in [5.74, 6) is 1.96. The first-order chi connectivity index (χ1) is 7.72. The lowest BCUT2D eigenvalue weighted by Gasteiger charge is -2.22. The Morgan fingerprint density at radius 1 is 1.35 bits per heavy atom. The van der Waals surface area contributed by atoms with Crippen molar-refractivity contribution >= 4 is 29.9 Å². The third-order valence-corrected chi connectivity index (χ3v) is 3.32. The predicted octanol–water partition coefficient (Wildman–Crippen LogP) is 3.10. The maximum atomic E-state index is 4.35. The summed E-state index contributed by atoms with van der Waals surface area (Å²) in [5.41, 5.74) is 0. The summed E-state index contributed by atoms with van der Waals surface area (Å²) in [6.07, 6.45) is 6.46. The molecule has 0 aromatic carbocycles. The molecule has 1 rings (SSSR count). The third kappa shape index (κ3) is 5.93. The molecule has 1 aliphatic carbocycles. The van der Waals surface area contributed by atoms with Crippen LogP contribution in [-0.2, 0) is 0 Å². The van der Waals surface area contributed by atoms with Crippen molar-refractivity contribution in [2.24, 2.45) is 10.9 Å². The number of nitrogens with zero attached hydrogens (tertiary/aromatic N) is 2. The molecule has 2 atom stereocenters. The van der Waals surface area contributed by atoms with Crippen LogP contribution in [0.4, 0.5) is 0 Å². The molecule has 0 radical (unpaired) electrons. The number of hydrogen-bond donors (Lipinski definition) is 1. The average Bonchev–Trinajstić information content (AvgIpc) is 3.01. The minimum atomic E-state index is 0. The molecule has 4 heteroatoms. The zero-order valence-electron chi connectivity index (χ0n) is 11.7. The Bertz CT molecular complexity index is 231. The minimum absolute atomic E-state index is 0. The topological polar surface area (TPSA) is 27.6 Å². The molecule has 0 spiro atoms. The highest BCUT2D eigenvalue weighted by molar-refractivity contribution is 14.0. The number of unbranched alkanes of at least 4 members (excludes halogenated alkanes) is 1. The Morgan fingerprint density at radius 2 is 2.06 bits per heavy atom. The van der Waals surface area contributed by atoms with Crippen molar-refractivity contribution in [3.63, 3.8) is 0 Å². The van der Waals surface area contributed by atoms with E-state index >= 15 is 0 Å². The zero-order chi connectivity index (χ0) is 12.0. The van der Waals surface area contributed by atoms with Crippen molar-refractivity contribution in [1.29, 1.82) is 0 Å². The smallest absolute Gasteiger partial charge is 0.193 e. The second-order valence-corrected chi connectivity index (χ2v) is 4.86. The van der Waals surface area contributed by atoms with Gasteiger partial charge in [0.2, 0.25) is 0 Å². The molecule has 1 saturated carbocycles. The molecule has 2 unspecified atom stereocenters. The molecule has 0 aliphatic heterocycles. The molecule has 0 aromatic heterocycles. The fourth-order valence-electron chi connectivity index (χ4n) is 2.13. The molecular weight excluding hydrogens is 325 g/mol. The summed E-state index contributed by atoms with van der Waals surface area (Å²) < 4.78 is 0. The van der Waals surface area contributed by atoms with Crippen LogP contribution in [0, 0.1) is 5.92 Å². The van der Waals surface area contributed by atoms with Gasteiger partial charge >= 0.3 is 0 Å². The Labute approximate surface area is 123 Å². The third-order valence-electron chi connectivity index (χ3n) is 3.32. The van der Waals surface area contributed by atoms with Crippen LogP contribution < -0.4 is 5.32 Å². The fraction of sp³-hybridized carbons (Fsp3) is 0.923. The fourth-order valence-corrected chi connectivity index (χ4v) is 2.13. The van der Waals surface area contributed by atoms with Gasteiger partial charge in [-0.3, -0.25) is 4.99 Å². The highest BCUT2D eigenvalue weighted by Crippen LogP contribution is 2.34.